The Kier molecular flexibility index (Phi) is 6.21. The van der Waals surface area contributed by atoms with Crippen LogP contribution in [0.25, 0.3) is 10.2 Å². The molecule has 2 aromatic carbocycles. The molecule has 0 amide bonds. The van der Waals surface area contributed by atoms with Gasteiger partial charge in [0.1, 0.15) is 0 Å². The number of rotatable bonds is 4. The lowest BCUT2D eigenvalue weighted by Gasteiger charge is -2.27. The van der Waals surface area contributed by atoms with Crippen molar-refractivity contribution in [1.29, 1.82) is 0 Å². The summed E-state index contributed by atoms with van der Waals surface area (Å²) in [6, 6.07) is 19.0. The molecule has 3 aromatic rings. The molecule has 0 unspecified atom stereocenters. The minimum atomic E-state index is 0. The Morgan fingerprint density at radius 1 is 1.04 bits per heavy atom. The molecule has 26 heavy (non-hydrogen) atoms. The zero-order valence-electron chi connectivity index (χ0n) is 14.4. The molecule has 0 spiro atoms. The first-order valence-corrected chi connectivity index (χ1v) is 9.55. The van der Waals surface area contributed by atoms with E-state index in [1.807, 2.05) is 0 Å². The highest BCUT2D eigenvalue weighted by Crippen LogP contribution is 2.26. The third kappa shape index (κ3) is 3.90. The van der Waals surface area contributed by atoms with Gasteiger partial charge in [-0.2, -0.15) is 0 Å². The van der Waals surface area contributed by atoms with Crippen molar-refractivity contribution in [1.82, 2.24) is 15.2 Å². The summed E-state index contributed by atoms with van der Waals surface area (Å²) in [6.45, 7) is 3.46. The maximum Gasteiger partial charge on any atom is 0.0982 e. The normalized spacial score (nSPS) is 21.5. The van der Waals surface area contributed by atoms with Crippen molar-refractivity contribution in [2.24, 2.45) is 0 Å². The van der Waals surface area contributed by atoms with E-state index in [-0.39, 0.29) is 24.8 Å². The summed E-state index contributed by atoms with van der Waals surface area (Å²) in [6.07, 6.45) is 2.26. The van der Waals surface area contributed by atoms with Crippen LogP contribution in [0, 0.1) is 0 Å². The Labute approximate surface area is 170 Å². The molecule has 5 rings (SSSR count). The standard InChI is InChI=1S/C20H21N3S.2ClH/c1-2-4-19-18(3-1)22-20(24-19)9-14-5-7-15(8-6-14)12-23-13-16-10-17(23)11-21-16;;/h1-8,16-17,21H,9-13H2;2*1H/t16-,17-;;/m0../s1. The third-order valence-corrected chi connectivity index (χ3v) is 6.31. The maximum atomic E-state index is 4.74. The Bertz CT molecular complexity index is 832. The molecule has 0 aliphatic carbocycles. The molecule has 3 nitrogen and oxygen atoms in total. The van der Waals surface area contributed by atoms with E-state index in [0.29, 0.717) is 0 Å². The molecule has 1 N–H and O–H groups in total. The molecule has 0 saturated carbocycles. The van der Waals surface area contributed by atoms with E-state index in [9.17, 15) is 0 Å². The number of nitrogens with zero attached hydrogens (tertiary/aromatic N) is 2. The lowest BCUT2D eigenvalue weighted by atomic mass is 10.1. The van der Waals surface area contributed by atoms with E-state index in [1.165, 1.54) is 40.3 Å². The zero-order chi connectivity index (χ0) is 15.9. The highest BCUT2D eigenvalue weighted by atomic mass is 35.5. The van der Waals surface area contributed by atoms with E-state index in [0.717, 1.165) is 30.6 Å². The number of hydrogen-bond acceptors (Lipinski definition) is 4. The van der Waals surface area contributed by atoms with Gasteiger partial charge in [0.15, 0.2) is 0 Å². The Morgan fingerprint density at radius 3 is 2.50 bits per heavy atom. The smallest absolute Gasteiger partial charge is 0.0982 e. The second kappa shape index (κ2) is 8.24. The van der Waals surface area contributed by atoms with Crippen molar-refractivity contribution in [3.8, 4) is 0 Å². The molecule has 2 bridgehead atoms. The maximum absolute atomic E-state index is 4.74. The van der Waals surface area contributed by atoms with Gasteiger partial charge in [-0.1, -0.05) is 36.4 Å². The highest BCUT2D eigenvalue weighted by Gasteiger charge is 2.37. The van der Waals surface area contributed by atoms with Crippen LogP contribution in [-0.2, 0) is 13.0 Å². The minimum Gasteiger partial charge on any atom is -0.311 e. The van der Waals surface area contributed by atoms with E-state index in [2.05, 4.69) is 58.7 Å². The number of aromatic nitrogens is 1. The van der Waals surface area contributed by atoms with Gasteiger partial charge in [-0.15, -0.1) is 36.2 Å². The van der Waals surface area contributed by atoms with Gasteiger partial charge < -0.3 is 5.32 Å². The first-order valence-electron chi connectivity index (χ1n) is 8.73. The van der Waals surface area contributed by atoms with Crippen LogP contribution < -0.4 is 5.32 Å². The van der Waals surface area contributed by atoms with Crippen LogP contribution in [0.4, 0.5) is 0 Å². The average molecular weight is 408 g/mol. The van der Waals surface area contributed by atoms with E-state index in [1.54, 1.807) is 11.3 Å². The molecule has 2 aliphatic heterocycles. The molecular formula is C20H23Cl2N3S. The van der Waals surface area contributed by atoms with Gasteiger partial charge in [0.2, 0.25) is 0 Å². The SMILES string of the molecule is Cl.Cl.c1ccc2sc(Cc3ccc(CN4C[C@@H]5C[C@H]4CN5)cc3)nc2c1. The lowest BCUT2D eigenvalue weighted by Crippen LogP contribution is -2.42. The number of benzene rings is 2. The molecule has 1 aromatic heterocycles. The number of para-hydroxylation sites is 1. The topological polar surface area (TPSA) is 28.2 Å². The summed E-state index contributed by atoms with van der Waals surface area (Å²) < 4.78 is 1.28. The van der Waals surface area contributed by atoms with Gasteiger partial charge >= 0.3 is 0 Å². The van der Waals surface area contributed by atoms with Gasteiger partial charge in [-0.05, 0) is 29.7 Å². The number of thiazole rings is 1. The predicted molar refractivity (Wildman–Crippen MR) is 114 cm³/mol. The second-order valence-corrected chi connectivity index (χ2v) is 8.11. The lowest BCUT2D eigenvalue weighted by molar-refractivity contribution is 0.218. The molecule has 2 saturated heterocycles. The van der Waals surface area contributed by atoms with E-state index >= 15 is 0 Å². The van der Waals surface area contributed by atoms with Gasteiger partial charge in [-0.3, -0.25) is 4.90 Å². The minimum absolute atomic E-state index is 0. The fraction of sp³-hybridized carbons (Fsp3) is 0.350. The fourth-order valence-electron chi connectivity index (χ4n) is 4.01. The first kappa shape index (κ1) is 19.6. The van der Waals surface area contributed by atoms with Crippen LogP contribution in [-0.4, -0.2) is 35.1 Å². The summed E-state index contributed by atoms with van der Waals surface area (Å²) in [5, 5.41) is 4.77. The largest absolute Gasteiger partial charge is 0.311 e. The van der Waals surface area contributed by atoms with Crippen LogP contribution in [0.15, 0.2) is 48.5 Å². The van der Waals surface area contributed by atoms with Crippen LogP contribution in [0.1, 0.15) is 22.6 Å². The molecule has 138 valence electrons. The summed E-state index contributed by atoms with van der Waals surface area (Å²) in [5.74, 6) is 0. The van der Waals surface area contributed by atoms with Crippen LogP contribution in [0.2, 0.25) is 0 Å². The first-order chi connectivity index (χ1) is 11.8. The van der Waals surface area contributed by atoms with Crippen LogP contribution in [0.5, 0.6) is 0 Å². The molecule has 2 aliphatic rings. The number of likely N-dealkylation sites (tertiary alicyclic amines) is 1. The van der Waals surface area contributed by atoms with Crippen molar-refractivity contribution in [3.63, 3.8) is 0 Å². The van der Waals surface area contributed by atoms with Crippen molar-refractivity contribution in [2.45, 2.75) is 31.5 Å². The number of hydrogen-bond donors (Lipinski definition) is 1. The Balaban J connectivity index is 0.000000980. The predicted octanol–water partition coefficient (Wildman–Crippen LogP) is 4.28. The number of fused-ring (bicyclic) bond motifs is 3. The third-order valence-electron chi connectivity index (χ3n) is 5.27. The molecule has 3 heterocycles. The number of halogens is 2. The van der Waals surface area contributed by atoms with E-state index < -0.39 is 0 Å². The molecule has 6 heteroatoms. The van der Waals surface area contributed by atoms with Gasteiger partial charge in [0, 0.05) is 38.1 Å². The van der Waals surface area contributed by atoms with Crippen molar-refractivity contribution >= 4 is 46.4 Å². The highest BCUT2D eigenvalue weighted by molar-refractivity contribution is 7.18. The van der Waals surface area contributed by atoms with Gasteiger partial charge in [-0.25, -0.2) is 4.98 Å². The van der Waals surface area contributed by atoms with Gasteiger partial charge in [0.05, 0.1) is 15.2 Å². The van der Waals surface area contributed by atoms with Crippen LogP contribution in [0.3, 0.4) is 0 Å². The van der Waals surface area contributed by atoms with Crippen molar-refractivity contribution < 1.29 is 0 Å². The number of piperazine rings is 1. The summed E-state index contributed by atoms with van der Waals surface area (Å²) in [4.78, 5) is 7.37. The van der Waals surface area contributed by atoms with Crippen LogP contribution >= 0.6 is 36.2 Å². The molecule has 2 fully saturated rings. The molecule has 2 atom stereocenters. The average Bonchev–Trinajstić information content (AvgIpc) is 3.31. The monoisotopic (exact) mass is 407 g/mol. The van der Waals surface area contributed by atoms with Crippen molar-refractivity contribution in [3.05, 3.63) is 64.7 Å². The second-order valence-electron chi connectivity index (χ2n) is 6.99. The Hall–Kier alpha value is -1.17. The molecular weight excluding hydrogens is 385 g/mol. The molecule has 0 radical (unpaired) electrons. The Morgan fingerprint density at radius 2 is 1.81 bits per heavy atom. The zero-order valence-corrected chi connectivity index (χ0v) is 16.9. The summed E-state index contributed by atoms with van der Waals surface area (Å²) >= 11 is 1.80. The fourth-order valence-corrected chi connectivity index (χ4v) is 5.01. The number of nitrogens with one attached hydrogen (secondary N) is 1. The quantitative estimate of drug-likeness (QED) is 0.699. The summed E-state index contributed by atoms with van der Waals surface area (Å²) in [7, 11) is 0. The summed E-state index contributed by atoms with van der Waals surface area (Å²) in [5.41, 5.74) is 3.89. The van der Waals surface area contributed by atoms with E-state index in [4.69, 9.17) is 4.98 Å². The van der Waals surface area contributed by atoms with Crippen molar-refractivity contribution in [2.75, 3.05) is 13.1 Å². The van der Waals surface area contributed by atoms with Gasteiger partial charge in [0.25, 0.3) is 0 Å².